The van der Waals surface area contributed by atoms with Crippen LogP contribution in [0.25, 0.3) is 10.9 Å². The molecule has 1 fully saturated rings. The lowest BCUT2D eigenvalue weighted by molar-refractivity contribution is 0.432. The summed E-state index contributed by atoms with van der Waals surface area (Å²) in [6, 6.07) is 8.64. The van der Waals surface area contributed by atoms with Crippen LogP contribution in [0.3, 0.4) is 0 Å². The van der Waals surface area contributed by atoms with Crippen molar-refractivity contribution in [1.82, 2.24) is 10.3 Å². The highest BCUT2D eigenvalue weighted by Gasteiger charge is 2.21. The summed E-state index contributed by atoms with van der Waals surface area (Å²) in [6.45, 7) is 5.33. The number of hydrogen-bond acceptors (Lipinski definition) is 3. The first-order chi connectivity index (χ1) is 9.79. The fraction of sp³-hybridized carbons (Fsp3) is 0.438. The van der Waals surface area contributed by atoms with Gasteiger partial charge in [0.15, 0.2) is 0 Å². The molecule has 1 aliphatic heterocycles. The van der Waals surface area contributed by atoms with E-state index in [0.717, 1.165) is 35.6 Å². The molecule has 1 unspecified atom stereocenters. The lowest BCUT2D eigenvalue weighted by Crippen LogP contribution is -2.45. The number of fused-ring (bicyclic) bond motifs is 1. The maximum atomic E-state index is 6.28. The SMILES string of the molecule is CCNC1CCCN(c2ccc(Cl)c3cccnc23)C1. The Morgan fingerprint density at radius 1 is 1.40 bits per heavy atom. The van der Waals surface area contributed by atoms with Crippen LogP contribution in [0.15, 0.2) is 30.5 Å². The van der Waals surface area contributed by atoms with Gasteiger partial charge in [-0.25, -0.2) is 0 Å². The monoisotopic (exact) mass is 289 g/mol. The molecule has 0 spiro atoms. The van der Waals surface area contributed by atoms with Gasteiger partial charge in [-0.05, 0) is 43.7 Å². The molecule has 1 N–H and O–H groups in total. The first-order valence-electron chi connectivity index (χ1n) is 7.31. The van der Waals surface area contributed by atoms with Crippen molar-refractivity contribution < 1.29 is 0 Å². The number of piperidine rings is 1. The summed E-state index contributed by atoms with van der Waals surface area (Å²) >= 11 is 6.28. The summed E-state index contributed by atoms with van der Waals surface area (Å²) < 4.78 is 0. The lowest BCUT2D eigenvalue weighted by Gasteiger charge is -2.35. The van der Waals surface area contributed by atoms with E-state index in [-0.39, 0.29) is 0 Å². The highest BCUT2D eigenvalue weighted by Crippen LogP contribution is 2.31. The summed E-state index contributed by atoms with van der Waals surface area (Å²) in [6.07, 6.45) is 4.31. The molecule has 1 aromatic heterocycles. The van der Waals surface area contributed by atoms with Gasteiger partial charge in [-0.3, -0.25) is 4.98 Å². The summed E-state index contributed by atoms with van der Waals surface area (Å²) in [7, 11) is 0. The third-order valence-electron chi connectivity index (χ3n) is 3.95. The normalized spacial score (nSPS) is 19.5. The fourth-order valence-electron chi connectivity index (χ4n) is 3.03. The maximum absolute atomic E-state index is 6.28. The molecule has 20 heavy (non-hydrogen) atoms. The molecule has 2 aromatic rings. The Labute approximate surface area is 124 Å². The van der Waals surface area contributed by atoms with Crippen molar-refractivity contribution in [2.75, 3.05) is 24.5 Å². The average molecular weight is 290 g/mol. The minimum absolute atomic E-state index is 0.572. The number of likely N-dealkylation sites (N-methyl/N-ethyl adjacent to an activating group) is 1. The summed E-state index contributed by atoms with van der Waals surface area (Å²) in [5, 5.41) is 5.37. The molecule has 0 amide bonds. The number of halogens is 1. The number of benzene rings is 1. The molecule has 106 valence electrons. The largest absolute Gasteiger partial charge is 0.368 e. The second-order valence-electron chi connectivity index (χ2n) is 5.31. The number of aromatic nitrogens is 1. The third kappa shape index (κ3) is 2.60. The second kappa shape index (κ2) is 5.98. The molecule has 3 rings (SSSR count). The Bertz CT molecular complexity index is 597. The molecule has 0 bridgehead atoms. The molecule has 2 heterocycles. The van der Waals surface area contributed by atoms with Crippen LogP contribution in [0.2, 0.25) is 5.02 Å². The van der Waals surface area contributed by atoms with Crippen molar-refractivity contribution in [3.05, 3.63) is 35.5 Å². The number of nitrogens with zero attached hydrogens (tertiary/aromatic N) is 2. The fourth-order valence-corrected chi connectivity index (χ4v) is 3.24. The van der Waals surface area contributed by atoms with Crippen molar-refractivity contribution >= 4 is 28.2 Å². The molecular formula is C16H20ClN3. The van der Waals surface area contributed by atoms with Crippen LogP contribution in [-0.4, -0.2) is 30.7 Å². The Balaban J connectivity index is 1.95. The summed E-state index contributed by atoms with van der Waals surface area (Å²) in [5.74, 6) is 0. The minimum Gasteiger partial charge on any atom is -0.368 e. The standard InChI is InChI=1S/C16H20ClN3/c1-2-18-12-5-4-10-20(11-12)15-8-7-14(17)13-6-3-9-19-16(13)15/h3,6-9,12,18H,2,4-5,10-11H2,1H3. The van der Waals surface area contributed by atoms with E-state index in [9.17, 15) is 0 Å². The zero-order valence-electron chi connectivity index (χ0n) is 11.8. The van der Waals surface area contributed by atoms with Gasteiger partial charge < -0.3 is 10.2 Å². The minimum atomic E-state index is 0.572. The zero-order valence-corrected chi connectivity index (χ0v) is 12.5. The van der Waals surface area contributed by atoms with E-state index in [2.05, 4.69) is 28.2 Å². The van der Waals surface area contributed by atoms with Crippen LogP contribution in [0.5, 0.6) is 0 Å². The number of rotatable bonds is 3. The van der Waals surface area contributed by atoms with Crippen LogP contribution in [0, 0.1) is 0 Å². The van der Waals surface area contributed by atoms with Crippen molar-refractivity contribution in [3.8, 4) is 0 Å². The molecule has 1 saturated heterocycles. The number of anilines is 1. The van der Waals surface area contributed by atoms with E-state index < -0.39 is 0 Å². The molecule has 1 atom stereocenters. The quantitative estimate of drug-likeness (QED) is 0.938. The van der Waals surface area contributed by atoms with E-state index in [1.54, 1.807) is 0 Å². The molecule has 1 aromatic carbocycles. The molecular weight excluding hydrogens is 270 g/mol. The second-order valence-corrected chi connectivity index (χ2v) is 5.72. The van der Waals surface area contributed by atoms with Crippen LogP contribution in [-0.2, 0) is 0 Å². The predicted octanol–water partition coefficient (Wildman–Crippen LogP) is 3.47. The van der Waals surface area contributed by atoms with E-state index >= 15 is 0 Å². The number of hydrogen-bond donors (Lipinski definition) is 1. The van der Waals surface area contributed by atoms with Crippen molar-refractivity contribution in [1.29, 1.82) is 0 Å². The summed E-state index contributed by atoms with van der Waals surface area (Å²) in [5.41, 5.74) is 2.21. The van der Waals surface area contributed by atoms with Crippen molar-refractivity contribution in [2.24, 2.45) is 0 Å². The van der Waals surface area contributed by atoms with Crippen molar-refractivity contribution in [2.45, 2.75) is 25.8 Å². The molecule has 0 aliphatic carbocycles. The van der Waals surface area contributed by atoms with E-state index in [4.69, 9.17) is 11.6 Å². The highest BCUT2D eigenvalue weighted by molar-refractivity contribution is 6.35. The van der Waals surface area contributed by atoms with Gasteiger partial charge in [0.25, 0.3) is 0 Å². The summed E-state index contributed by atoms with van der Waals surface area (Å²) in [4.78, 5) is 6.97. The smallest absolute Gasteiger partial charge is 0.0950 e. The Hall–Kier alpha value is -1.32. The molecule has 1 aliphatic rings. The van der Waals surface area contributed by atoms with Crippen LogP contribution >= 0.6 is 11.6 Å². The molecule has 3 nitrogen and oxygen atoms in total. The zero-order chi connectivity index (χ0) is 13.9. The van der Waals surface area contributed by atoms with Gasteiger partial charge in [0, 0.05) is 30.7 Å². The highest BCUT2D eigenvalue weighted by atomic mass is 35.5. The Morgan fingerprint density at radius 3 is 3.15 bits per heavy atom. The molecule has 4 heteroatoms. The van der Waals surface area contributed by atoms with Crippen LogP contribution in [0.1, 0.15) is 19.8 Å². The predicted molar refractivity (Wildman–Crippen MR) is 85.7 cm³/mol. The average Bonchev–Trinajstić information content (AvgIpc) is 2.49. The first kappa shape index (κ1) is 13.7. The lowest BCUT2D eigenvalue weighted by atomic mass is 10.0. The van der Waals surface area contributed by atoms with Gasteiger partial charge in [-0.15, -0.1) is 0 Å². The van der Waals surface area contributed by atoms with Gasteiger partial charge in [0.2, 0.25) is 0 Å². The third-order valence-corrected chi connectivity index (χ3v) is 4.28. The topological polar surface area (TPSA) is 28.2 Å². The number of nitrogens with one attached hydrogen (secondary N) is 1. The molecule has 0 saturated carbocycles. The van der Waals surface area contributed by atoms with Gasteiger partial charge >= 0.3 is 0 Å². The maximum Gasteiger partial charge on any atom is 0.0950 e. The van der Waals surface area contributed by atoms with Crippen LogP contribution < -0.4 is 10.2 Å². The molecule has 0 radical (unpaired) electrons. The Morgan fingerprint density at radius 2 is 2.30 bits per heavy atom. The van der Waals surface area contributed by atoms with Crippen molar-refractivity contribution in [3.63, 3.8) is 0 Å². The van der Waals surface area contributed by atoms with E-state index in [0.29, 0.717) is 6.04 Å². The van der Waals surface area contributed by atoms with Gasteiger partial charge in [-0.2, -0.15) is 0 Å². The first-order valence-corrected chi connectivity index (χ1v) is 7.69. The van der Waals surface area contributed by atoms with E-state index in [1.807, 2.05) is 24.4 Å². The van der Waals surface area contributed by atoms with E-state index in [1.165, 1.54) is 18.5 Å². The van der Waals surface area contributed by atoms with Gasteiger partial charge in [0.1, 0.15) is 0 Å². The Kier molecular flexibility index (Phi) is 4.08. The van der Waals surface area contributed by atoms with Gasteiger partial charge in [-0.1, -0.05) is 18.5 Å². The van der Waals surface area contributed by atoms with Gasteiger partial charge in [0.05, 0.1) is 16.2 Å². The number of pyridine rings is 1. The van der Waals surface area contributed by atoms with Crippen LogP contribution in [0.4, 0.5) is 5.69 Å².